The summed E-state index contributed by atoms with van der Waals surface area (Å²) in [5.41, 5.74) is -0.882. The molecule has 0 aromatic heterocycles. The summed E-state index contributed by atoms with van der Waals surface area (Å²) in [6.07, 6.45) is 0.241. The van der Waals surface area contributed by atoms with Crippen LogP contribution in [0.2, 0.25) is 0 Å². The molecule has 1 rings (SSSR count). The molecule has 112 valence electrons. The van der Waals surface area contributed by atoms with Gasteiger partial charge in [-0.3, -0.25) is 4.79 Å². The second kappa shape index (κ2) is 6.45. The number of benzene rings is 1. The van der Waals surface area contributed by atoms with E-state index < -0.39 is 28.8 Å². The van der Waals surface area contributed by atoms with Crippen LogP contribution in [0.4, 0.5) is 0 Å². The molecule has 0 aliphatic carbocycles. The molecule has 0 unspecified atom stereocenters. The Bertz CT molecular complexity index is 553. The lowest BCUT2D eigenvalue weighted by Crippen LogP contribution is -2.53. The topological polar surface area (TPSA) is 104 Å². The number of Topliss-reactive ketones (excluding diaryl/α,β-unsaturated/α-hetero) is 1. The normalized spacial score (nSPS) is 12.4. The summed E-state index contributed by atoms with van der Waals surface area (Å²) in [6.45, 7) is 2.03. The highest BCUT2D eigenvalue weighted by Crippen LogP contribution is 2.16. The summed E-state index contributed by atoms with van der Waals surface area (Å²) in [4.78, 5) is 11.1. The van der Waals surface area contributed by atoms with Crippen molar-refractivity contribution in [2.24, 2.45) is 0 Å². The number of ketones is 1. The largest absolute Gasteiger partial charge is 0.394 e. The average molecular weight is 301 g/mol. The predicted molar refractivity (Wildman–Crippen MR) is 74.0 cm³/mol. The molecule has 7 heteroatoms. The molecule has 0 heterocycles. The minimum atomic E-state index is -3.88. The van der Waals surface area contributed by atoms with Crippen LogP contribution in [0.5, 0.6) is 0 Å². The van der Waals surface area contributed by atoms with Crippen molar-refractivity contribution in [3.63, 3.8) is 0 Å². The van der Waals surface area contributed by atoms with Crippen molar-refractivity contribution in [1.29, 1.82) is 0 Å². The van der Waals surface area contributed by atoms with Gasteiger partial charge in [-0.15, -0.1) is 0 Å². The molecule has 1 aromatic carbocycles. The van der Waals surface area contributed by atoms with Gasteiger partial charge in [0.25, 0.3) is 0 Å². The fraction of sp³-hybridized carbons (Fsp3) is 0.462. The van der Waals surface area contributed by atoms with Crippen molar-refractivity contribution in [2.75, 3.05) is 13.2 Å². The number of carbonyl (C=O) groups excluding carboxylic acids is 1. The van der Waals surface area contributed by atoms with Crippen LogP contribution in [0.1, 0.15) is 30.6 Å². The lowest BCUT2D eigenvalue weighted by molar-refractivity contribution is 0.101. The first-order valence-electron chi connectivity index (χ1n) is 6.17. The van der Waals surface area contributed by atoms with E-state index in [1.165, 1.54) is 31.2 Å². The van der Waals surface area contributed by atoms with E-state index in [1.54, 1.807) is 6.92 Å². The van der Waals surface area contributed by atoms with E-state index in [2.05, 4.69) is 4.72 Å². The quantitative estimate of drug-likeness (QED) is 0.628. The Morgan fingerprint density at radius 2 is 1.70 bits per heavy atom. The molecule has 0 atom stereocenters. The molecule has 1 aromatic rings. The van der Waals surface area contributed by atoms with E-state index in [0.29, 0.717) is 5.56 Å². The predicted octanol–water partition coefficient (Wildman–Crippen LogP) is 0.301. The zero-order valence-corrected chi connectivity index (χ0v) is 12.3. The van der Waals surface area contributed by atoms with E-state index in [-0.39, 0.29) is 17.1 Å². The summed E-state index contributed by atoms with van der Waals surface area (Å²) in [6, 6.07) is 5.47. The molecule has 20 heavy (non-hydrogen) atoms. The molecular weight excluding hydrogens is 282 g/mol. The Morgan fingerprint density at radius 3 is 2.05 bits per heavy atom. The van der Waals surface area contributed by atoms with Gasteiger partial charge in [-0.25, -0.2) is 13.1 Å². The third-order valence-electron chi connectivity index (χ3n) is 3.20. The number of sulfonamides is 1. The Kier molecular flexibility index (Phi) is 5.41. The van der Waals surface area contributed by atoms with Gasteiger partial charge in [0, 0.05) is 5.56 Å². The highest BCUT2D eigenvalue weighted by molar-refractivity contribution is 7.89. The third-order valence-corrected chi connectivity index (χ3v) is 4.80. The molecule has 0 saturated heterocycles. The number of carbonyl (C=O) groups is 1. The minimum absolute atomic E-state index is 0.0257. The number of aliphatic hydroxyl groups is 2. The van der Waals surface area contributed by atoms with Crippen LogP contribution in [0.25, 0.3) is 0 Å². The minimum Gasteiger partial charge on any atom is -0.394 e. The highest BCUT2D eigenvalue weighted by Gasteiger charge is 2.32. The second-order valence-electron chi connectivity index (χ2n) is 4.64. The number of aliphatic hydroxyl groups excluding tert-OH is 2. The fourth-order valence-corrected chi connectivity index (χ4v) is 3.08. The Labute approximate surface area is 118 Å². The highest BCUT2D eigenvalue weighted by atomic mass is 32.2. The monoisotopic (exact) mass is 301 g/mol. The van der Waals surface area contributed by atoms with Crippen molar-refractivity contribution < 1.29 is 23.4 Å². The molecule has 3 N–H and O–H groups in total. The zero-order valence-electron chi connectivity index (χ0n) is 11.5. The number of hydrogen-bond acceptors (Lipinski definition) is 5. The Balaban J connectivity index is 3.07. The fourth-order valence-electron chi connectivity index (χ4n) is 1.62. The molecular formula is C13H19NO5S. The van der Waals surface area contributed by atoms with Crippen LogP contribution in [-0.4, -0.2) is 43.2 Å². The molecule has 0 bridgehead atoms. The van der Waals surface area contributed by atoms with Gasteiger partial charge in [-0.2, -0.15) is 0 Å². The lowest BCUT2D eigenvalue weighted by atomic mass is 10.0. The summed E-state index contributed by atoms with van der Waals surface area (Å²) in [7, 11) is -3.88. The Hall–Kier alpha value is -1.28. The molecule has 0 saturated carbocycles. The van der Waals surface area contributed by atoms with E-state index in [1.807, 2.05) is 0 Å². The van der Waals surface area contributed by atoms with Crippen molar-refractivity contribution in [2.45, 2.75) is 30.7 Å². The van der Waals surface area contributed by atoms with Crippen LogP contribution >= 0.6 is 0 Å². The van der Waals surface area contributed by atoms with Crippen LogP contribution in [0.15, 0.2) is 29.2 Å². The molecule has 0 spiro atoms. The average Bonchev–Trinajstić information content (AvgIpc) is 2.45. The van der Waals surface area contributed by atoms with Gasteiger partial charge < -0.3 is 10.2 Å². The number of nitrogens with one attached hydrogen (secondary N) is 1. The van der Waals surface area contributed by atoms with Gasteiger partial charge in [0.05, 0.1) is 23.6 Å². The standard InChI is InChI=1S/C13H19NO5S/c1-3-13(8-15,9-16)14-20(18,19)12-6-4-11(5-7-12)10(2)17/h4-7,14-16H,3,8-9H2,1-2H3. The van der Waals surface area contributed by atoms with E-state index >= 15 is 0 Å². The van der Waals surface area contributed by atoms with Gasteiger partial charge in [0.1, 0.15) is 0 Å². The Morgan fingerprint density at radius 1 is 1.20 bits per heavy atom. The van der Waals surface area contributed by atoms with Gasteiger partial charge in [-0.05, 0) is 25.5 Å². The smallest absolute Gasteiger partial charge is 0.241 e. The maximum Gasteiger partial charge on any atom is 0.241 e. The third kappa shape index (κ3) is 3.63. The van der Waals surface area contributed by atoms with E-state index in [0.717, 1.165) is 0 Å². The van der Waals surface area contributed by atoms with Crippen molar-refractivity contribution in [1.82, 2.24) is 4.72 Å². The molecule has 6 nitrogen and oxygen atoms in total. The van der Waals surface area contributed by atoms with Crippen LogP contribution in [0, 0.1) is 0 Å². The van der Waals surface area contributed by atoms with E-state index in [4.69, 9.17) is 0 Å². The first-order valence-corrected chi connectivity index (χ1v) is 7.65. The molecule has 0 fully saturated rings. The van der Waals surface area contributed by atoms with Gasteiger partial charge in [0.2, 0.25) is 10.0 Å². The summed E-state index contributed by atoms with van der Waals surface area (Å²) >= 11 is 0. The molecule has 0 amide bonds. The first-order chi connectivity index (χ1) is 9.30. The maximum absolute atomic E-state index is 12.2. The molecule has 0 aliphatic rings. The second-order valence-corrected chi connectivity index (χ2v) is 6.32. The lowest BCUT2D eigenvalue weighted by Gasteiger charge is -2.29. The summed E-state index contributed by atoms with van der Waals surface area (Å²) in [5.74, 6) is -0.157. The summed E-state index contributed by atoms with van der Waals surface area (Å²) < 4.78 is 26.7. The van der Waals surface area contributed by atoms with Gasteiger partial charge in [0.15, 0.2) is 5.78 Å². The van der Waals surface area contributed by atoms with Gasteiger partial charge >= 0.3 is 0 Å². The maximum atomic E-state index is 12.2. The SMILES string of the molecule is CCC(CO)(CO)NS(=O)(=O)c1ccc(C(C)=O)cc1. The summed E-state index contributed by atoms with van der Waals surface area (Å²) in [5, 5.41) is 18.5. The first kappa shape index (κ1) is 16.8. The van der Waals surface area contributed by atoms with Crippen LogP contribution < -0.4 is 4.72 Å². The number of rotatable bonds is 7. The van der Waals surface area contributed by atoms with Crippen LogP contribution in [-0.2, 0) is 10.0 Å². The van der Waals surface area contributed by atoms with Crippen molar-refractivity contribution in [3.05, 3.63) is 29.8 Å². The van der Waals surface area contributed by atoms with Gasteiger partial charge in [-0.1, -0.05) is 19.1 Å². The van der Waals surface area contributed by atoms with E-state index in [9.17, 15) is 23.4 Å². The number of hydrogen-bond donors (Lipinski definition) is 3. The molecule has 0 aliphatic heterocycles. The van der Waals surface area contributed by atoms with Crippen LogP contribution in [0.3, 0.4) is 0 Å². The zero-order chi connectivity index (χ0) is 15.4. The van der Waals surface area contributed by atoms with Crippen molar-refractivity contribution in [3.8, 4) is 0 Å². The van der Waals surface area contributed by atoms with Crippen molar-refractivity contribution >= 4 is 15.8 Å². The molecule has 0 radical (unpaired) electrons.